The number of rotatable bonds is 4. The van der Waals surface area contributed by atoms with Gasteiger partial charge in [0.2, 0.25) is 0 Å². The summed E-state index contributed by atoms with van der Waals surface area (Å²) in [5.41, 5.74) is 6.05. The number of ether oxygens (including phenoxy) is 1. The summed E-state index contributed by atoms with van der Waals surface area (Å²) in [6, 6.07) is 15.2. The van der Waals surface area contributed by atoms with Gasteiger partial charge in [0.15, 0.2) is 0 Å². The number of hydrogen-bond acceptors (Lipinski definition) is 4. The molecule has 0 unspecified atom stereocenters. The second-order valence-corrected chi connectivity index (χ2v) is 7.19. The van der Waals surface area contributed by atoms with Gasteiger partial charge >= 0.3 is 0 Å². The molecule has 0 saturated heterocycles. The van der Waals surface area contributed by atoms with Gasteiger partial charge in [-0.25, -0.2) is 9.97 Å². The molecule has 0 spiro atoms. The maximum absolute atomic E-state index is 5.45. The van der Waals surface area contributed by atoms with Crippen LogP contribution < -0.4 is 5.32 Å². The van der Waals surface area contributed by atoms with Crippen molar-refractivity contribution in [3.05, 3.63) is 71.1 Å². The van der Waals surface area contributed by atoms with E-state index < -0.39 is 0 Å². The van der Waals surface area contributed by atoms with Crippen LogP contribution in [0.25, 0.3) is 16.5 Å². The van der Waals surface area contributed by atoms with E-state index in [2.05, 4.69) is 72.7 Å². The SMILES string of the molecule is Cc1cccc([C@@H](C)Nc2nc(C)nc3ccc(C4=CCOCC4)cc23)c1. The van der Waals surface area contributed by atoms with Crippen molar-refractivity contribution in [2.75, 3.05) is 18.5 Å². The van der Waals surface area contributed by atoms with Crippen LogP contribution in [0.5, 0.6) is 0 Å². The number of aromatic nitrogens is 2. The molecule has 1 N–H and O–H groups in total. The van der Waals surface area contributed by atoms with E-state index in [1.54, 1.807) is 0 Å². The number of anilines is 1. The molecule has 1 aliphatic heterocycles. The van der Waals surface area contributed by atoms with Crippen LogP contribution in [0.2, 0.25) is 0 Å². The monoisotopic (exact) mass is 359 g/mol. The first-order chi connectivity index (χ1) is 13.1. The fraction of sp³-hybridized carbons (Fsp3) is 0.304. The van der Waals surface area contributed by atoms with Gasteiger partial charge in [-0.3, -0.25) is 0 Å². The number of fused-ring (bicyclic) bond motifs is 1. The van der Waals surface area contributed by atoms with Crippen LogP contribution in [0, 0.1) is 13.8 Å². The zero-order chi connectivity index (χ0) is 18.8. The minimum absolute atomic E-state index is 0.161. The molecule has 3 aromatic rings. The number of nitrogens with one attached hydrogen (secondary N) is 1. The lowest BCUT2D eigenvalue weighted by Gasteiger charge is -2.18. The molecule has 0 amide bonds. The standard InChI is InChI=1S/C23H25N3O/c1-15-5-4-6-19(13-15)16(2)24-23-21-14-20(18-9-11-27-12-10-18)7-8-22(21)25-17(3)26-23/h4-9,13-14,16H,10-12H2,1-3H3,(H,24,25,26)/t16-/m1/s1. The van der Waals surface area contributed by atoms with E-state index in [1.807, 2.05) is 6.92 Å². The minimum Gasteiger partial charge on any atom is -0.377 e. The third kappa shape index (κ3) is 3.86. The Bertz CT molecular complexity index is 1010. The summed E-state index contributed by atoms with van der Waals surface area (Å²) in [5.74, 6) is 1.67. The highest BCUT2D eigenvalue weighted by molar-refractivity contribution is 5.92. The van der Waals surface area contributed by atoms with Gasteiger partial charge < -0.3 is 10.1 Å². The molecule has 0 saturated carbocycles. The Labute approximate surface area is 160 Å². The maximum atomic E-state index is 5.45. The number of benzene rings is 2. The lowest BCUT2D eigenvalue weighted by Crippen LogP contribution is -2.10. The van der Waals surface area contributed by atoms with Crippen LogP contribution in [-0.2, 0) is 4.74 Å². The Balaban J connectivity index is 1.73. The lowest BCUT2D eigenvalue weighted by atomic mass is 9.99. The van der Waals surface area contributed by atoms with Gasteiger partial charge in [-0.2, -0.15) is 0 Å². The molecule has 0 radical (unpaired) electrons. The lowest BCUT2D eigenvalue weighted by molar-refractivity contribution is 0.161. The Morgan fingerprint density at radius 2 is 1.96 bits per heavy atom. The molecule has 0 aliphatic carbocycles. The summed E-state index contributed by atoms with van der Waals surface area (Å²) in [7, 11) is 0. The summed E-state index contributed by atoms with van der Waals surface area (Å²) in [5, 5.41) is 4.66. The maximum Gasteiger partial charge on any atom is 0.138 e. The molecule has 138 valence electrons. The Morgan fingerprint density at radius 3 is 2.74 bits per heavy atom. The number of hydrogen-bond donors (Lipinski definition) is 1. The van der Waals surface area contributed by atoms with E-state index in [0.29, 0.717) is 6.61 Å². The first-order valence-corrected chi connectivity index (χ1v) is 9.49. The smallest absolute Gasteiger partial charge is 0.138 e. The molecule has 2 aromatic carbocycles. The van der Waals surface area contributed by atoms with Gasteiger partial charge in [0.1, 0.15) is 11.6 Å². The highest BCUT2D eigenvalue weighted by Crippen LogP contribution is 2.29. The fourth-order valence-electron chi connectivity index (χ4n) is 3.57. The largest absolute Gasteiger partial charge is 0.377 e. The molecule has 1 atom stereocenters. The Morgan fingerprint density at radius 1 is 1.07 bits per heavy atom. The molecule has 0 fully saturated rings. The van der Waals surface area contributed by atoms with Crippen molar-refractivity contribution in [1.29, 1.82) is 0 Å². The predicted molar refractivity (Wildman–Crippen MR) is 111 cm³/mol. The van der Waals surface area contributed by atoms with E-state index in [0.717, 1.165) is 35.6 Å². The summed E-state index contributed by atoms with van der Waals surface area (Å²) in [6.45, 7) is 7.70. The van der Waals surface area contributed by atoms with E-state index in [1.165, 1.54) is 22.3 Å². The van der Waals surface area contributed by atoms with Crippen molar-refractivity contribution < 1.29 is 4.74 Å². The van der Waals surface area contributed by atoms with Gasteiger partial charge in [0, 0.05) is 11.4 Å². The molecule has 0 bridgehead atoms. The van der Waals surface area contributed by atoms with E-state index in [4.69, 9.17) is 9.72 Å². The van der Waals surface area contributed by atoms with Gasteiger partial charge in [-0.15, -0.1) is 0 Å². The summed E-state index contributed by atoms with van der Waals surface area (Å²) in [6.07, 6.45) is 3.11. The van der Waals surface area contributed by atoms with Gasteiger partial charge in [-0.05, 0) is 56.0 Å². The van der Waals surface area contributed by atoms with Gasteiger partial charge in [-0.1, -0.05) is 42.0 Å². The van der Waals surface area contributed by atoms with Crippen molar-refractivity contribution in [1.82, 2.24) is 9.97 Å². The molecule has 27 heavy (non-hydrogen) atoms. The third-order valence-electron chi connectivity index (χ3n) is 5.04. The first kappa shape index (κ1) is 17.7. The zero-order valence-corrected chi connectivity index (χ0v) is 16.1. The topological polar surface area (TPSA) is 47.0 Å². The van der Waals surface area contributed by atoms with Crippen LogP contribution >= 0.6 is 0 Å². The molecular weight excluding hydrogens is 334 g/mol. The van der Waals surface area contributed by atoms with Crippen molar-refractivity contribution in [2.24, 2.45) is 0 Å². The average molecular weight is 359 g/mol. The van der Waals surface area contributed by atoms with Crippen molar-refractivity contribution in [3.8, 4) is 0 Å². The quantitative estimate of drug-likeness (QED) is 0.693. The molecule has 1 aromatic heterocycles. The number of aryl methyl sites for hydroxylation is 2. The van der Waals surface area contributed by atoms with Crippen molar-refractivity contribution in [2.45, 2.75) is 33.2 Å². The molecule has 2 heterocycles. The molecule has 1 aliphatic rings. The normalized spacial score (nSPS) is 15.4. The highest BCUT2D eigenvalue weighted by atomic mass is 16.5. The van der Waals surface area contributed by atoms with Crippen molar-refractivity contribution in [3.63, 3.8) is 0 Å². The molecule has 4 heteroatoms. The Hall–Kier alpha value is -2.72. The average Bonchev–Trinajstić information content (AvgIpc) is 2.68. The van der Waals surface area contributed by atoms with E-state index in [-0.39, 0.29) is 6.04 Å². The fourth-order valence-corrected chi connectivity index (χ4v) is 3.57. The van der Waals surface area contributed by atoms with Crippen LogP contribution in [-0.4, -0.2) is 23.2 Å². The van der Waals surface area contributed by atoms with Crippen LogP contribution in [0.4, 0.5) is 5.82 Å². The van der Waals surface area contributed by atoms with Crippen molar-refractivity contribution >= 4 is 22.3 Å². The summed E-state index contributed by atoms with van der Waals surface area (Å²) >= 11 is 0. The first-order valence-electron chi connectivity index (χ1n) is 9.49. The molecular formula is C23H25N3O. The highest BCUT2D eigenvalue weighted by Gasteiger charge is 2.13. The third-order valence-corrected chi connectivity index (χ3v) is 5.04. The summed E-state index contributed by atoms with van der Waals surface area (Å²) in [4.78, 5) is 9.33. The van der Waals surface area contributed by atoms with E-state index >= 15 is 0 Å². The van der Waals surface area contributed by atoms with Crippen LogP contribution in [0.3, 0.4) is 0 Å². The van der Waals surface area contributed by atoms with Crippen LogP contribution in [0.15, 0.2) is 48.5 Å². The predicted octanol–water partition coefficient (Wildman–Crippen LogP) is 5.22. The van der Waals surface area contributed by atoms with Gasteiger partial charge in [0.25, 0.3) is 0 Å². The summed E-state index contributed by atoms with van der Waals surface area (Å²) < 4.78 is 5.45. The number of nitrogens with zero attached hydrogens (tertiary/aromatic N) is 2. The van der Waals surface area contributed by atoms with Gasteiger partial charge in [0.05, 0.1) is 18.7 Å². The van der Waals surface area contributed by atoms with Crippen LogP contribution in [0.1, 0.15) is 41.9 Å². The molecule has 4 rings (SSSR count). The second-order valence-electron chi connectivity index (χ2n) is 7.19. The minimum atomic E-state index is 0.161. The van der Waals surface area contributed by atoms with E-state index in [9.17, 15) is 0 Å². The second kappa shape index (κ2) is 7.49. The Kier molecular flexibility index (Phi) is 4.90. The molecule has 4 nitrogen and oxygen atoms in total. The zero-order valence-electron chi connectivity index (χ0n) is 16.1.